The van der Waals surface area contributed by atoms with Crippen molar-refractivity contribution in [1.29, 1.82) is 0 Å². The lowest BCUT2D eigenvalue weighted by atomic mass is 9.76. The van der Waals surface area contributed by atoms with E-state index < -0.39 is 24.3 Å². The SMILES string of the molecule is CC(C)Oc1ccc(-c2ccc(C(Oc3cc(N4CCC5(CC4)CN[C@H](C(=O)O)C5)nc(N)n3)C(F)(F)F)c(N3CCOCC3)c2)cc1. The fourth-order valence-corrected chi connectivity index (χ4v) is 6.78. The zero-order valence-corrected chi connectivity index (χ0v) is 27.0. The number of carbonyl (C=O) groups is 1. The highest BCUT2D eigenvalue weighted by Crippen LogP contribution is 2.44. The number of nitrogens with two attached hydrogens (primary N) is 1. The highest BCUT2D eigenvalue weighted by atomic mass is 19.4. The van der Waals surface area contributed by atoms with Crippen LogP contribution in [0, 0.1) is 5.41 Å². The van der Waals surface area contributed by atoms with Crippen LogP contribution < -0.4 is 30.3 Å². The number of anilines is 3. The lowest BCUT2D eigenvalue weighted by molar-refractivity contribution is -0.198. The molecule has 0 bridgehead atoms. The summed E-state index contributed by atoms with van der Waals surface area (Å²) in [6, 6.07) is 13.2. The Hall–Kier alpha value is -4.30. The van der Waals surface area contributed by atoms with Gasteiger partial charge in [-0.2, -0.15) is 23.1 Å². The maximum atomic E-state index is 14.9. The minimum atomic E-state index is -4.79. The summed E-state index contributed by atoms with van der Waals surface area (Å²) in [5, 5.41) is 12.5. The number of ether oxygens (including phenoxy) is 3. The van der Waals surface area contributed by atoms with Gasteiger partial charge in [-0.1, -0.05) is 24.3 Å². The van der Waals surface area contributed by atoms with E-state index in [1.54, 1.807) is 12.1 Å². The van der Waals surface area contributed by atoms with Gasteiger partial charge < -0.3 is 40.2 Å². The number of hydrogen-bond donors (Lipinski definition) is 3. The molecule has 48 heavy (non-hydrogen) atoms. The molecule has 4 N–H and O–H groups in total. The number of nitrogens with zero attached hydrogens (tertiary/aromatic N) is 4. The van der Waals surface area contributed by atoms with E-state index in [1.165, 1.54) is 12.1 Å². The number of nitrogen functional groups attached to an aromatic ring is 1. The fourth-order valence-electron chi connectivity index (χ4n) is 6.78. The second-order valence-electron chi connectivity index (χ2n) is 13.0. The zero-order valence-electron chi connectivity index (χ0n) is 27.0. The van der Waals surface area contributed by atoms with Gasteiger partial charge in [0.2, 0.25) is 17.9 Å². The molecule has 2 atom stereocenters. The Morgan fingerprint density at radius 1 is 1.00 bits per heavy atom. The van der Waals surface area contributed by atoms with E-state index >= 15 is 0 Å². The molecule has 0 radical (unpaired) electrons. The number of halogens is 3. The molecule has 3 aliphatic heterocycles. The van der Waals surface area contributed by atoms with Crippen molar-refractivity contribution in [2.45, 2.75) is 57.5 Å². The predicted octanol–water partition coefficient (Wildman–Crippen LogP) is 5.07. The molecule has 11 nitrogen and oxygen atoms in total. The Labute approximate surface area is 277 Å². The topological polar surface area (TPSA) is 135 Å². The van der Waals surface area contributed by atoms with E-state index in [2.05, 4.69) is 15.3 Å². The van der Waals surface area contributed by atoms with E-state index in [4.69, 9.17) is 19.9 Å². The quantitative estimate of drug-likeness (QED) is 0.282. The van der Waals surface area contributed by atoms with Crippen LogP contribution in [0.2, 0.25) is 0 Å². The van der Waals surface area contributed by atoms with E-state index in [0.29, 0.717) is 82.5 Å². The summed E-state index contributed by atoms with van der Waals surface area (Å²) in [5.74, 6) is -0.282. The van der Waals surface area contributed by atoms with Gasteiger partial charge >= 0.3 is 12.1 Å². The van der Waals surface area contributed by atoms with Crippen molar-refractivity contribution >= 4 is 23.4 Å². The summed E-state index contributed by atoms with van der Waals surface area (Å²) < 4.78 is 61.7. The van der Waals surface area contributed by atoms with Gasteiger partial charge in [-0.05, 0) is 67.9 Å². The van der Waals surface area contributed by atoms with Gasteiger partial charge in [-0.3, -0.25) is 4.79 Å². The first kappa shape index (κ1) is 33.6. The number of rotatable bonds is 9. The monoisotopic (exact) mass is 670 g/mol. The van der Waals surface area contributed by atoms with Crippen LogP contribution in [-0.4, -0.2) is 85.3 Å². The second kappa shape index (κ2) is 13.7. The Bertz CT molecular complexity index is 1590. The minimum absolute atomic E-state index is 0.0127. The van der Waals surface area contributed by atoms with Gasteiger partial charge in [-0.15, -0.1) is 0 Å². The first-order valence-electron chi connectivity index (χ1n) is 16.2. The average molecular weight is 671 g/mol. The van der Waals surface area contributed by atoms with Gasteiger partial charge in [0.1, 0.15) is 17.6 Å². The fraction of sp³-hybridized carbons (Fsp3) is 0.500. The number of carboxylic acid groups (broad SMARTS) is 1. The Balaban J connectivity index is 1.27. The van der Waals surface area contributed by atoms with Gasteiger partial charge in [0, 0.05) is 50.0 Å². The Kier molecular flexibility index (Phi) is 9.57. The summed E-state index contributed by atoms with van der Waals surface area (Å²) in [7, 11) is 0. The summed E-state index contributed by atoms with van der Waals surface area (Å²) in [6.45, 7) is 7.18. The van der Waals surface area contributed by atoms with Crippen LogP contribution in [0.4, 0.5) is 30.6 Å². The third-order valence-corrected chi connectivity index (χ3v) is 9.27. The number of benzene rings is 2. The molecule has 3 aliphatic rings. The summed E-state index contributed by atoms with van der Waals surface area (Å²) in [6.07, 6.45) is -5.16. The molecule has 3 saturated heterocycles. The number of alkyl halides is 3. The number of morpholine rings is 1. The standard InChI is InChI=1S/C34H41F3N6O5/c1-21(2)47-24-6-3-22(4-7-24)23-5-8-25(27(17-23)42-13-15-46-16-14-42)30(34(35,36)37)48-29-18-28(40-32(38)41-29)43-11-9-33(10-12-43)19-26(31(44)45)39-20-33/h3-8,17-18,21,26,30,39H,9-16,19-20H2,1-2H3,(H,44,45)(H2,38,40,41)/t26-,30?/m0/s1. The lowest BCUT2D eigenvalue weighted by Gasteiger charge is -2.39. The van der Waals surface area contributed by atoms with Crippen molar-refractivity contribution in [3.05, 3.63) is 54.1 Å². The second-order valence-corrected chi connectivity index (χ2v) is 13.0. The number of carboxylic acids is 1. The molecule has 1 aromatic heterocycles. The molecule has 258 valence electrons. The maximum absolute atomic E-state index is 14.9. The van der Waals surface area contributed by atoms with E-state index in [-0.39, 0.29) is 28.9 Å². The molecule has 3 aromatic rings. The predicted molar refractivity (Wildman–Crippen MR) is 174 cm³/mol. The molecule has 14 heteroatoms. The van der Waals surface area contributed by atoms with Gasteiger partial charge in [0.25, 0.3) is 0 Å². The van der Waals surface area contributed by atoms with E-state index in [1.807, 2.05) is 47.9 Å². The highest BCUT2D eigenvalue weighted by molar-refractivity contribution is 5.74. The maximum Gasteiger partial charge on any atom is 0.429 e. The number of aromatic nitrogens is 2. The molecule has 0 saturated carbocycles. The third kappa shape index (κ3) is 7.54. The molecular weight excluding hydrogens is 629 g/mol. The molecule has 3 fully saturated rings. The molecule has 0 amide bonds. The average Bonchev–Trinajstić information content (AvgIpc) is 3.47. The van der Waals surface area contributed by atoms with Crippen LogP contribution in [0.25, 0.3) is 11.1 Å². The zero-order chi connectivity index (χ0) is 34.1. The van der Waals surface area contributed by atoms with E-state index in [0.717, 1.165) is 11.1 Å². The number of nitrogens with one attached hydrogen (secondary N) is 1. The normalized spacial score (nSPS) is 20.2. The van der Waals surface area contributed by atoms with E-state index in [9.17, 15) is 23.1 Å². The lowest BCUT2D eigenvalue weighted by Crippen LogP contribution is -2.41. The Morgan fingerprint density at radius 2 is 1.69 bits per heavy atom. The first-order chi connectivity index (χ1) is 22.9. The summed E-state index contributed by atoms with van der Waals surface area (Å²) in [4.78, 5) is 23.6. The number of aliphatic carboxylic acids is 1. The van der Waals surface area contributed by atoms with Crippen LogP contribution in [0.5, 0.6) is 11.6 Å². The molecule has 1 spiro atoms. The molecule has 2 aromatic carbocycles. The molecule has 1 unspecified atom stereocenters. The molecular formula is C34H41F3N6O5. The summed E-state index contributed by atoms with van der Waals surface area (Å²) in [5.41, 5.74) is 7.79. The third-order valence-electron chi connectivity index (χ3n) is 9.27. The molecule has 6 rings (SSSR count). The van der Waals surface area contributed by atoms with Crippen molar-refractivity contribution in [3.63, 3.8) is 0 Å². The van der Waals surface area contributed by atoms with Crippen LogP contribution >= 0.6 is 0 Å². The largest absolute Gasteiger partial charge is 0.491 e. The van der Waals surface area contributed by atoms with Crippen molar-refractivity contribution < 1.29 is 37.3 Å². The van der Waals surface area contributed by atoms with Gasteiger partial charge in [0.05, 0.1) is 19.3 Å². The van der Waals surface area contributed by atoms with Crippen molar-refractivity contribution in [2.75, 3.05) is 61.5 Å². The van der Waals surface area contributed by atoms with Crippen LogP contribution in [0.3, 0.4) is 0 Å². The highest BCUT2D eigenvalue weighted by Gasteiger charge is 2.46. The smallest absolute Gasteiger partial charge is 0.429 e. The van der Waals surface area contributed by atoms with Crippen molar-refractivity contribution in [3.8, 4) is 22.8 Å². The van der Waals surface area contributed by atoms with Gasteiger partial charge in [-0.25, -0.2) is 0 Å². The summed E-state index contributed by atoms with van der Waals surface area (Å²) >= 11 is 0. The van der Waals surface area contributed by atoms with Gasteiger partial charge in [0.15, 0.2) is 0 Å². The van der Waals surface area contributed by atoms with Crippen molar-refractivity contribution in [1.82, 2.24) is 15.3 Å². The van der Waals surface area contributed by atoms with Crippen LogP contribution in [0.15, 0.2) is 48.5 Å². The Morgan fingerprint density at radius 3 is 2.31 bits per heavy atom. The number of hydrogen-bond acceptors (Lipinski definition) is 10. The van der Waals surface area contributed by atoms with Crippen LogP contribution in [0.1, 0.15) is 44.8 Å². The number of piperidine rings is 1. The molecule has 0 aliphatic carbocycles. The molecule has 4 heterocycles. The first-order valence-corrected chi connectivity index (χ1v) is 16.2. The minimum Gasteiger partial charge on any atom is -0.491 e. The van der Waals surface area contributed by atoms with Crippen LogP contribution in [-0.2, 0) is 9.53 Å². The van der Waals surface area contributed by atoms with Crippen molar-refractivity contribution in [2.24, 2.45) is 5.41 Å².